The minimum absolute atomic E-state index is 0.0699. The van der Waals surface area contributed by atoms with Crippen LogP contribution in [0.4, 0.5) is 5.69 Å². The molecule has 1 saturated carbocycles. The van der Waals surface area contributed by atoms with E-state index in [1.165, 1.54) is 11.4 Å². The van der Waals surface area contributed by atoms with Gasteiger partial charge in [0.2, 0.25) is 11.8 Å². The first-order chi connectivity index (χ1) is 16.5. The van der Waals surface area contributed by atoms with Gasteiger partial charge < -0.3 is 10.6 Å². The molecular formula is C27H32N4O3. The normalized spacial score (nSPS) is 16.1. The van der Waals surface area contributed by atoms with Crippen molar-refractivity contribution >= 4 is 29.1 Å². The van der Waals surface area contributed by atoms with Crippen LogP contribution in [0.1, 0.15) is 72.9 Å². The maximum absolute atomic E-state index is 12.6. The second kappa shape index (κ2) is 11.1. The molecule has 0 aromatic heterocycles. The maximum atomic E-state index is 12.6. The predicted molar refractivity (Wildman–Crippen MR) is 133 cm³/mol. The molecule has 34 heavy (non-hydrogen) atoms. The lowest BCUT2D eigenvalue weighted by Crippen LogP contribution is -2.36. The van der Waals surface area contributed by atoms with Gasteiger partial charge in [-0.15, -0.1) is 0 Å². The fourth-order valence-corrected chi connectivity index (χ4v) is 4.49. The van der Waals surface area contributed by atoms with Crippen LogP contribution in [0.25, 0.3) is 0 Å². The lowest BCUT2D eigenvalue weighted by Gasteiger charge is -2.23. The summed E-state index contributed by atoms with van der Waals surface area (Å²) >= 11 is 0. The van der Waals surface area contributed by atoms with Crippen LogP contribution < -0.4 is 10.6 Å². The molecule has 1 aliphatic heterocycles. The van der Waals surface area contributed by atoms with E-state index >= 15 is 0 Å². The van der Waals surface area contributed by atoms with Crippen LogP contribution in [-0.4, -0.2) is 41.0 Å². The monoisotopic (exact) mass is 460 g/mol. The maximum Gasteiger partial charge on any atom is 0.251 e. The largest absolute Gasteiger partial charge is 0.349 e. The second-order valence-electron chi connectivity index (χ2n) is 9.07. The van der Waals surface area contributed by atoms with Crippen LogP contribution in [0.15, 0.2) is 53.6 Å². The van der Waals surface area contributed by atoms with Crippen molar-refractivity contribution in [1.82, 2.24) is 10.3 Å². The number of hydrazone groups is 1. The van der Waals surface area contributed by atoms with E-state index in [0.717, 1.165) is 42.5 Å². The van der Waals surface area contributed by atoms with Crippen molar-refractivity contribution in [3.8, 4) is 0 Å². The Labute approximate surface area is 200 Å². The topological polar surface area (TPSA) is 90.9 Å². The van der Waals surface area contributed by atoms with Gasteiger partial charge in [-0.05, 0) is 49.1 Å². The minimum Gasteiger partial charge on any atom is -0.349 e. The summed E-state index contributed by atoms with van der Waals surface area (Å²) < 4.78 is 0. The molecule has 1 aliphatic carbocycles. The van der Waals surface area contributed by atoms with Crippen molar-refractivity contribution in [2.45, 2.75) is 64.3 Å². The van der Waals surface area contributed by atoms with Crippen molar-refractivity contribution in [1.29, 1.82) is 0 Å². The van der Waals surface area contributed by atoms with Crippen LogP contribution in [0.2, 0.25) is 0 Å². The Kier molecular flexibility index (Phi) is 7.72. The van der Waals surface area contributed by atoms with Crippen molar-refractivity contribution < 1.29 is 14.4 Å². The number of benzene rings is 2. The molecule has 0 atom stereocenters. The summed E-state index contributed by atoms with van der Waals surface area (Å²) in [5, 5.41) is 11.9. The van der Waals surface area contributed by atoms with E-state index in [9.17, 15) is 14.4 Å². The molecule has 1 heterocycles. The number of amides is 3. The van der Waals surface area contributed by atoms with Crippen LogP contribution in [0.5, 0.6) is 0 Å². The first-order valence-corrected chi connectivity index (χ1v) is 12.1. The average molecular weight is 461 g/mol. The number of hydrogen-bond acceptors (Lipinski definition) is 4. The second-order valence-corrected chi connectivity index (χ2v) is 9.07. The Morgan fingerprint density at radius 2 is 1.76 bits per heavy atom. The van der Waals surface area contributed by atoms with Crippen LogP contribution in [-0.2, 0) is 9.59 Å². The molecule has 2 aliphatic rings. The molecular weight excluding hydrogens is 428 g/mol. The number of carbonyl (C=O) groups is 3. The smallest absolute Gasteiger partial charge is 0.251 e. The van der Waals surface area contributed by atoms with Crippen molar-refractivity contribution in [3.63, 3.8) is 0 Å². The molecule has 2 aromatic rings. The highest BCUT2D eigenvalue weighted by molar-refractivity contribution is 6.03. The molecule has 7 heteroatoms. The van der Waals surface area contributed by atoms with Gasteiger partial charge in [0.1, 0.15) is 0 Å². The van der Waals surface area contributed by atoms with E-state index < -0.39 is 0 Å². The first-order valence-electron chi connectivity index (χ1n) is 12.1. The first kappa shape index (κ1) is 23.7. The summed E-state index contributed by atoms with van der Waals surface area (Å²) in [6, 6.07) is 15.3. The molecule has 2 aromatic carbocycles. The molecule has 2 N–H and O–H groups in total. The Hall–Kier alpha value is -3.48. The van der Waals surface area contributed by atoms with Crippen LogP contribution >= 0.6 is 0 Å². The number of hydrogen-bond donors (Lipinski definition) is 2. The summed E-state index contributed by atoms with van der Waals surface area (Å²) in [6.45, 7) is 2.40. The lowest BCUT2D eigenvalue weighted by molar-refractivity contribution is -0.132. The third-order valence-corrected chi connectivity index (χ3v) is 6.47. The highest BCUT2D eigenvalue weighted by Gasteiger charge is 2.22. The van der Waals surface area contributed by atoms with E-state index in [1.807, 2.05) is 37.3 Å². The SMILES string of the molecule is Cc1cc(C(=O)NC2CCCCC2)ccc1NC(=O)CCC(=O)N1CCC(c2ccccc2)=N1. The van der Waals surface area contributed by atoms with Gasteiger partial charge in [0.15, 0.2) is 0 Å². The molecule has 0 unspecified atom stereocenters. The number of anilines is 1. The molecule has 3 amide bonds. The molecule has 0 spiro atoms. The van der Waals surface area contributed by atoms with Gasteiger partial charge in [-0.25, -0.2) is 5.01 Å². The summed E-state index contributed by atoms with van der Waals surface area (Å²) in [5.41, 5.74) is 3.96. The molecule has 1 fully saturated rings. The number of rotatable bonds is 7. The summed E-state index contributed by atoms with van der Waals surface area (Å²) in [5.74, 6) is -0.464. The highest BCUT2D eigenvalue weighted by Crippen LogP contribution is 2.20. The summed E-state index contributed by atoms with van der Waals surface area (Å²) in [7, 11) is 0. The number of nitrogens with one attached hydrogen (secondary N) is 2. The van der Waals surface area contributed by atoms with Crippen molar-refractivity contribution in [2.75, 3.05) is 11.9 Å². The van der Waals surface area contributed by atoms with E-state index in [4.69, 9.17) is 0 Å². The Balaban J connectivity index is 1.26. The molecule has 7 nitrogen and oxygen atoms in total. The molecule has 0 bridgehead atoms. The van der Waals surface area contributed by atoms with Gasteiger partial charge in [0.25, 0.3) is 5.91 Å². The zero-order chi connectivity index (χ0) is 23.9. The number of nitrogens with zero attached hydrogens (tertiary/aromatic N) is 2. The Morgan fingerprint density at radius 3 is 2.50 bits per heavy atom. The zero-order valence-corrected chi connectivity index (χ0v) is 19.7. The van der Waals surface area contributed by atoms with Gasteiger partial charge in [-0.1, -0.05) is 49.6 Å². The lowest BCUT2D eigenvalue weighted by atomic mass is 9.95. The quantitative estimate of drug-likeness (QED) is 0.641. The van der Waals surface area contributed by atoms with Crippen LogP contribution in [0, 0.1) is 6.92 Å². The third kappa shape index (κ3) is 6.10. The van der Waals surface area contributed by atoms with Gasteiger partial charge >= 0.3 is 0 Å². The summed E-state index contributed by atoms with van der Waals surface area (Å²) in [4.78, 5) is 37.5. The molecule has 0 radical (unpaired) electrons. The van der Waals surface area contributed by atoms with Gasteiger partial charge in [0, 0.05) is 36.6 Å². The van der Waals surface area contributed by atoms with Gasteiger partial charge in [-0.2, -0.15) is 5.10 Å². The van der Waals surface area contributed by atoms with E-state index in [1.54, 1.807) is 18.2 Å². The summed E-state index contributed by atoms with van der Waals surface area (Å²) in [6.07, 6.45) is 6.52. The predicted octanol–water partition coefficient (Wildman–Crippen LogP) is 4.41. The molecule has 4 rings (SSSR count). The van der Waals surface area contributed by atoms with Gasteiger partial charge in [0.05, 0.1) is 12.3 Å². The van der Waals surface area contributed by atoms with Crippen molar-refractivity contribution in [2.24, 2.45) is 5.10 Å². The zero-order valence-electron chi connectivity index (χ0n) is 19.7. The molecule has 0 saturated heterocycles. The third-order valence-electron chi connectivity index (χ3n) is 6.47. The van der Waals surface area contributed by atoms with Gasteiger partial charge in [-0.3, -0.25) is 14.4 Å². The Morgan fingerprint density at radius 1 is 1.00 bits per heavy atom. The van der Waals surface area contributed by atoms with E-state index in [2.05, 4.69) is 15.7 Å². The molecule has 178 valence electrons. The average Bonchev–Trinajstić information content (AvgIpc) is 3.35. The number of carbonyl (C=O) groups excluding carboxylic acids is 3. The number of aryl methyl sites for hydroxylation is 1. The highest BCUT2D eigenvalue weighted by atomic mass is 16.2. The van der Waals surface area contributed by atoms with E-state index in [-0.39, 0.29) is 36.6 Å². The van der Waals surface area contributed by atoms with Crippen LogP contribution in [0.3, 0.4) is 0 Å². The minimum atomic E-state index is -0.234. The van der Waals surface area contributed by atoms with E-state index in [0.29, 0.717) is 24.2 Å². The fraction of sp³-hybridized carbons (Fsp3) is 0.407. The standard InChI is InChI=1S/C27H32N4O3/c1-19-18-21(27(34)28-22-10-6-3-7-11-22)12-13-23(19)29-25(32)14-15-26(33)31-17-16-24(30-31)20-8-4-2-5-9-20/h2,4-5,8-9,12-13,18,22H,3,6-7,10-11,14-17H2,1H3,(H,28,34)(H,29,32). The van der Waals surface area contributed by atoms with Crippen molar-refractivity contribution in [3.05, 3.63) is 65.2 Å². The Bertz CT molecular complexity index is 1070. The fourth-order valence-electron chi connectivity index (χ4n) is 4.49.